The molecule has 0 N–H and O–H groups in total. The van der Waals surface area contributed by atoms with E-state index in [1.165, 1.54) is 20.3 Å². The van der Waals surface area contributed by atoms with Crippen molar-refractivity contribution in [1.29, 1.82) is 0 Å². The number of amides is 1. The predicted octanol–water partition coefficient (Wildman–Crippen LogP) is 3.62. The highest BCUT2D eigenvalue weighted by Gasteiger charge is 2.38. The van der Waals surface area contributed by atoms with E-state index in [2.05, 4.69) is 28.5 Å². The van der Waals surface area contributed by atoms with Crippen LogP contribution in [0.4, 0.5) is 0 Å². The molecule has 0 radical (unpaired) electrons. The quantitative estimate of drug-likeness (QED) is 0.543. The number of carbonyl (C=O) groups is 1. The van der Waals surface area contributed by atoms with Crippen molar-refractivity contribution < 1.29 is 13.2 Å². The number of benzene rings is 2. The summed E-state index contributed by atoms with van der Waals surface area (Å²) in [4.78, 5) is 19.4. The lowest BCUT2D eigenvalue weighted by molar-refractivity contribution is -0.138. The maximum Gasteiger partial charge on any atom is 0.243 e. The predicted molar refractivity (Wildman–Crippen MR) is 134 cm³/mol. The smallest absolute Gasteiger partial charge is 0.243 e. The number of thiophene rings is 1. The maximum atomic E-state index is 13.6. The summed E-state index contributed by atoms with van der Waals surface area (Å²) in [6.45, 7) is 4.25. The monoisotopic (exact) mass is 495 g/mol. The zero-order chi connectivity index (χ0) is 23.7. The van der Waals surface area contributed by atoms with Crippen LogP contribution in [0, 0.1) is 0 Å². The number of hydrogen-bond donors (Lipinski definition) is 0. The Bertz CT molecular complexity index is 1240. The molecule has 5 rings (SSSR count). The highest BCUT2D eigenvalue weighted by molar-refractivity contribution is 7.89. The average molecular weight is 496 g/mol. The molecule has 2 aromatic carbocycles. The molecule has 1 aromatic heterocycles. The van der Waals surface area contributed by atoms with Gasteiger partial charge >= 0.3 is 0 Å². The lowest BCUT2D eigenvalue weighted by atomic mass is 9.92. The van der Waals surface area contributed by atoms with Crippen LogP contribution in [0.15, 0.2) is 77.0 Å². The van der Waals surface area contributed by atoms with E-state index in [9.17, 15) is 13.2 Å². The van der Waals surface area contributed by atoms with Crippen molar-refractivity contribution in [2.45, 2.75) is 30.3 Å². The molecule has 0 bridgehead atoms. The molecule has 0 saturated carbocycles. The molecule has 2 aliphatic rings. The molecule has 6 nitrogen and oxygen atoms in total. The molecule has 0 aliphatic carbocycles. The van der Waals surface area contributed by atoms with E-state index in [0.29, 0.717) is 31.1 Å². The zero-order valence-electron chi connectivity index (χ0n) is 19.2. The van der Waals surface area contributed by atoms with Gasteiger partial charge in [-0.25, -0.2) is 8.42 Å². The Labute approximate surface area is 205 Å². The summed E-state index contributed by atoms with van der Waals surface area (Å²) in [5, 5.41) is 2.14. The first-order chi connectivity index (χ1) is 16.5. The van der Waals surface area contributed by atoms with E-state index < -0.39 is 10.0 Å². The van der Waals surface area contributed by atoms with Crippen molar-refractivity contribution in [2.24, 2.45) is 0 Å². The van der Waals surface area contributed by atoms with Crippen molar-refractivity contribution >= 4 is 27.3 Å². The summed E-state index contributed by atoms with van der Waals surface area (Å²) < 4.78 is 27.4. The van der Waals surface area contributed by atoms with Crippen LogP contribution in [0.25, 0.3) is 0 Å². The molecule has 8 heteroatoms. The largest absolute Gasteiger partial charge is 0.339 e. The van der Waals surface area contributed by atoms with Gasteiger partial charge in [-0.3, -0.25) is 9.69 Å². The topological polar surface area (TPSA) is 60.9 Å². The first-order valence-electron chi connectivity index (χ1n) is 11.7. The average Bonchev–Trinajstić information content (AvgIpc) is 3.37. The van der Waals surface area contributed by atoms with E-state index >= 15 is 0 Å². The SMILES string of the molecule is CC(C(=O)N1CCN(S(=O)(=O)c2ccccc2)CC1)N1CCc2sccc2C1c1ccccc1. The third kappa shape index (κ3) is 4.31. The second-order valence-electron chi connectivity index (χ2n) is 8.82. The van der Waals surface area contributed by atoms with E-state index in [0.717, 1.165) is 13.0 Å². The van der Waals surface area contributed by atoms with Gasteiger partial charge in [0.2, 0.25) is 15.9 Å². The minimum Gasteiger partial charge on any atom is -0.339 e. The van der Waals surface area contributed by atoms with Gasteiger partial charge in [-0.15, -0.1) is 11.3 Å². The molecule has 2 atom stereocenters. The standard InChI is InChI=1S/C26H29N3O3S2/c1-20(29-14-12-24-23(13-19-33-24)25(29)21-8-4-2-5-9-21)26(30)27-15-17-28(18-16-27)34(31,32)22-10-6-3-7-11-22/h2-11,13,19-20,25H,12,14-18H2,1H3. The maximum absolute atomic E-state index is 13.6. The molecule has 1 fully saturated rings. The van der Waals surface area contributed by atoms with E-state index in [4.69, 9.17) is 0 Å². The minimum absolute atomic E-state index is 0.0508. The lowest BCUT2D eigenvalue weighted by Crippen LogP contribution is -2.56. The highest BCUT2D eigenvalue weighted by Crippen LogP contribution is 2.39. The Hall–Kier alpha value is -2.52. The third-order valence-electron chi connectivity index (χ3n) is 6.90. The first-order valence-corrected chi connectivity index (χ1v) is 14.0. The molecule has 1 amide bonds. The second kappa shape index (κ2) is 9.62. The molecule has 2 aliphatic heterocycles. The Morgan fingerprint density at radius 2 is 1.56 bits per heavy atom. The van der Waals surface area contributed by atoms with Gasteiger partial charge in [0, 0.05) is 37.6 Å². The van der Waals surface area contributed by atoms with Crippen molar-refractivity contribution in [3.05, 3.63) is 88.1 Å². The van der Waals surface area contributed by atoms with Crippen molar-refractivity contribution in [3.63, 3.8) is 0 Å². The fourth-order valence-corrected chi connectivity index (χ4v) is 7.40. The summed E-state index contributed by atoms with van der Waals surface area (Å²) in [5.74, 6) is 0.0661. The van der Waals surface area contributed by atoms with Crippen LogP contribution in [0.3, 0.4) is 0 Å². The molecule has 2 unspecified atom stereocenters. The molecule has 34 heavy (non-hydrogen) atoms. The Morgan fingerprint density at radius 3 is 2.24 bits per heavy atom. The molecule has 1 saturated heterocycles. The number of carbonyl (C=O) groups excluding carboxylic acids is 1. The summed E-state index contributed by atoms with van der Waals surface area (Å²) in [6.07, 6.45) is 0.942. The third-order valence-corrected chi connectivity index (χ3v) is 9.81. The van der Waals surface area contributed by atoms with Gasteiger partial charge in [-0.2, -0.15) is 4.31 Å². The summed E-state index contributed by atoms with van der Waals surface area (Å²) in [5.41, 5.74) is 2.49. The normalized spacial score (nSPS) is 20.6. The van der Waals surface area contributed by atoms with Crippen LogP contribution >= 0.6 is 11.3 Å². The number of rotatable bonds is 5. The molecule has 3 aromatic rings. The summed E-state index contributed by atoms with van der Waals surface area (Å²) in [6, 6.07) is 20.8. The van der Waals surface area contributed by atoms with E-state index in [1.54, 1.807) is 41.7 Å². The highest BCUT2D eigenvalue weighted by atomic mass is 32.2. The summed E-state index contributed by atoms with van der Waals surface area (Å²) in [7, 11) is -3.54. The van der Waals surface area contributed by atoms with Gasteiger partial charge in [0.25, 0.3) is 0 Å². The molecular weight excluding hydrogens is 466 g/mol. The van der Waals surface area contributed by atoms with Gasteiger partial charge in [-0.05, 0) is 48.1 Å². The van der Waals surface area contributed by atoms with E-state index in [1.807, 2.05) is 30.0 Å². The van der Waals surface area contributed by atoms with Crippen LogP contribution in [0.1, 0.15) is 29.0 Å². The molecular formula is C26H29N3O3S2. The van der Waals surface area contributed by atoms with Gasteiger partial charge < -0.3 is 4.90 Å². The Morgan fingerprint density at radius 1 is 0.912 bits per heavy atom. The van der Waals surface area contributed by atoms with Crippen molar-refractivity contribution in [2.75, 3.05) is 32.7 Å². The van der Waals surface area contributed by atoms with Crippen LogP contribution in [0.2, 0.25) is 0 Å². The molecule has 178 valence electrons. The van der Waals surface area contributed by atoms with Crippen LogP contribution in [-0.4, -0.2) is 67.2 Å². The van der Waals surface area contributed by atoms with Crippen LogP contribution in [0.5, 0.6) is 0 Å². The first kappa shape index (κ1) is 23.2. The summed E-state index contributed by atoms with van der Waals surface area (Å²) >= 11 is 1.79. The van der Waals surface area contributed by atoms with Gasteiger partial charge in [0.05, 0.1) is 17.0 Å². The van der Waals surface area contributed by atoms with Gasteiger partial charge in [0.1, 0.15) is 0 Å². The number of piperazine rings is 1. The van der Waals surface area contributed by atoms with Crippen molar-refractivity contribution in [3.8, 4) is 0 Å². The van der Waals surface area contributed by atoms with Gasteiger partial charge in [0.15, 0.2) is 0 Å². The Balaban J connectivity index is 1.31. The second-order valence-corrected chi connectivity index (χ2v) is 11.8. The van der Waals surface area contributed by atoms with Crippen LogP contribution < -0.4 is 0 Å². The Kier molecular flexibility index (Phi) is 6.57. The van der Waals surface area contributed by atoms with Crippen LogP contribution in [-0.2, 0) is 21.2 Å². The fourth-order valence-electron chi connectivity index (χ4n) is 5.06. The number of hydrogen-bond acceptors (Lipinski definition) is 5. The number of nitrogens with zero attached hydrogens (tertiary/aromatic N) is 3. The van der Waals surface area contributed by atoms with Gasteiger partial charge in [-0.1, -0.05) is 48.5 Å². The minimum atomic E-state index is -3.54. The number of sulfonamides is 1. The zero-order valence-corrected chi connectivity index (χ0v) is 20.8. The van der Waals surface area contributed by atoms with E-state index in [-0.39, 0.29) is 18.0 Å². The molecule has 3 heterocycles. The molecule has 0 spiro atoms. The lowest BCUT2D eigenvalue weighted by Gasteiger charge is -2.42. The number of fused-ring (bicyclic) bond motifs is 1. The fraction of sp³-hybridized carbons (Fsp3) is 0.346. The van der Waals surface area contributed by atoms with Crippen molar-refractivity contribution in [1.82, 2.24) is 14.1 Å².